The number of aromatic nitrogens is 4. The van der Waals surface area contributed by atoms with Gasteiger partial charge in [-0.05, 0) is 73.0 Å². The first-order valence-corrected chi connectivity index (χ1v) is 12.2. The minimum atomic E-state index is -1.15. The van der Waals surface area contributed by atoms with Crippen LogP contribution in [0.5, 0.6) is 0 Å². The fourth-order valence-corrected chi connectivity index (χ4v) is 5.71. The molecule has 2 N–H and O–H groups in total. The summed E-state index contributed by atoms with van der Waals surface area (Å²) in [6.07, 6.45) is 0.957. The molecular weight excluding hydrogens is 432 g/mol. The molecule has 1 unspecified atom stereocenters. The van der Waals surface area contributed by atoms with Crippen molar-refractivity contribution in [3.05, 3.63) is 77.4 Å². The minimum Gasteiger partial charge on any atom is -0.339 e. The SMILES string of the molecule is Cc1ccc2c(c1C)N(CCCNCc1cccc(-c3nn[nH]n3)c1)c1ccccc1S2=O. The number of fused-ring (bicyclic) bond motifs is 2. The van der Waals surface area contributed by atoms with Gasteiger partial charge in [-0.25, -0.2) is 4.21 Å². The van der Waals surface area contributed by atoms with Crippen molar-refractivity contribution >= 4 is 22.2 Å². The number of aryl methyl sites for hydroxylation is 1. The number of rotatable bonds is 7. The Labute approximate surface area is 195 Å². The van der Waals surface area contributed by atoms with Crippen LogP contribution in [0.3, 0.4) is 0 Å². The third kappa shape index (κ3) is 4.19. The van der Waals surface area contributed by atoms with Gasteiger partial charge >= 0.3 is 0 Å². The molecule has 1 atom stereocenters. The van der Waals surface area contributed by atoms with Gasteiger partial charge in [-0.3, -0.25) is 0 Å². The molecule has 7 nitrogen and oxygen atoms in total. The Kier molecular flexibility index (Phi) is 6.02. The third-order valence-corrected chi connectivity index (χ3v) is 7.56. The molecule has 4 aromatic rings. The maximum absolute atomic E-state index is 13.2. The van der Waals surface area contributed by atoms with Crippen molar-refractivity contribution in [3.8, 4) is 11.4 Å². The van der Waals surface area contributed by atoms with Crippen molar-refractivity contribution in [2.75, 3.05) is 18.0 Å². The normalized spacial score (nSPS) is 14.7. The molecular formula is C25H26N6OS. The van der Waals surface area contributed by atoms with Crippen LogP contribution in [0.4, 0.5) is 11.4 Å². The first kappa shape index (κ1) is 21.5. The molecule has 1 aliphatic rings. The van der Waals surface area contributed by atoms with Gasteiger partial charge < -0.3 is 10.2 Å². The lowest BCUT2D eigenvalue weighted by molar-refractivity contribution is 0.646. The van der Waals surface area contributed by atoms with E-state index in [4.69, 9.17) is 0 Å². The minimum absolute atomic E-state index is 0.599. The van der Waals surface area contributed by atoms with E-state index >= 15 is 0 Å². The van der Waals surface area contributed by atoms with Gasteiger partial charge in [-0.1, -0.05) is 36.4 Å². The standard InChI is InChI=1S/C25H26N6OS/c1-17-11-12-23-24(18(17)2)31(21-9-3-4-10-22(21)33(23)32)14-6-13-26-16-19-7-5-8-20(15-19)25-27-29-30-28-25/h3-5,7-12,15,26H,6,13-14,16H2,1-2H3,(H,27,28,29,30). The van der Waals surface area contributed by atoms with Crippen LogP contribution < -0.4 is 10.2 Å². The molecule has 168 valence electrons. The third-order valence-electron chi connectivity index (χ3n) is 6.09. The number of nitrogens with zero attached hydrogens (tertiary/aromatic N) is 4. The van der Waals surface area contributed by atoms with Crippen molar-refractivity contribution in [1.29, 1.82) is 0 Å². The van der Waals surface area contributed by atoms with Crippen LogP contribution in [0.25, 0.3) is 11.4 Å². The van der Waals surface area contributed by atoms with Crippen molar-refractivity contribution in [2.45, 2.75) is 36.6 Å². The highest BCUT2D eigenvalue weighted by molar-refractivity contribution is 7.85. The maximum Gasteiger partial charge on any atom is 0.204 e. The van der Waals surface area contributed by atoms with Crippen LogP contribution >= 0.6 is 0 Å². The number of nitrogens with one attached hydrogen (secondary N) is 2. The van der Waals surface area contributed by atoms with Gasteiger partial charge in [0.1, 0.15) is 0 Å². The Balaban J connectivity index is 1.27. The van der Waals surface area contributed by atoms with E-state index < -0.39 is 10.8 Å². The number of H-pyrrole nitrogens is 1. The fourth-order valence-electron chi connectivity index (χ4n) is 4.27. The molecule has 33 heavy (non-hydrogen) atoms. The van der Waals surface area contributed by atoms with Gasteiger partial charge in [-0.2, -0.15) is 5.21 Å². The summed E-state index contributed by atoms with van der Waals surface area (Å²) >= 11 is 0. The van der Waals surface area contributed by atoms with Crippen molar-refractivity contribution < 1.29 is 4.21 Å². The number of anilines is 2. The second kappa shape index (κ2) is 9.25. The number of tetrazole rings is 1. The Morgan fingerprint density at radius 2 is 1.91 bits per heavy atom. The lowest BCUT2D eigenvalue weighted by atomic mass is 10.1. The molecule has 2 heterocycles. The first-order valence-electron chi connectivity index (χ1n) is 11.1. The lowest BCUT2D eigenvalue weighted by Gasteiger charge is -2.34. The van der Waals surface area contributed by atoms with E-state index in [1.165, 1.54) is 16.7 Å². The molecule has 0 saturated heterocycles. The Bertz CT molecular complexity index is 1300. The molecule has 1 aliphatic heterocycles. The molecule has 3 aromatic carbocycles. The molecule has 5 rings (SSSR count). The van der Waals surface area contributed by atoms with Crippen LogP contribution in [0.2, 0.25) is 0 Å². The molecule has 0 saturated carbocycles. The summed E-state index contributed by atoms with van der Waals surface area (Å²) in [5.74, 6) is 0.599. The number of hydrogen-bond donors (Lipinski definition) is 2. The summed E-state index contributed by atoms with van der Waals surface area (Å²) in [4.78, 5) is 4.13. The van der Waals surface area contributed by atoms with E-state index in [-0.39, 0.29) is 0 Å². The Morgan fingerprint density at radius 1 is 1.03 bits per heavy atom. The molecule has 8 heteroatoms. The summed E-state index contributed by atoms with van der Waals surface area (Å²) in [6, 6.07) is 20.3. The monoisotopic (exact) mass is 458 g/mol. The number of aromatic amines is 1. The van der Waals surface area contributed by atoms with Crippen molar-refractivity contribution in [1.82, 2.24) is 25.9 Å². The van der Waals surface area contributed by atoms with Crippen molar-refractivity contribution in [3.63, 3.8) is 0 Å². The zero-order valence-electron chi connectivity index (χ0n) is 18.7. The molecule has 0 amide bonds. The Hall–Kier alpha value is -3.36. The summed E-state index contributed by atoms with van der Waals surface area (Å²) in [7, 11) is -1.15. The van der Waals surface area contributed by atoms with E-state index in [0.717, 1.165) is 52.8 Å². The van der Waals surface area contributed by atoms with Gasteiger partial charge in [0.15, 0.2) is 0 Å². The highest BCUT2D eigenvalue weighted by atomic mass is 32.2. The summed E-state index contributed by atoms with van der Waals surface area (Å²) in [5.41, 5.74) is 6.68. The van der Waals surface area contributed by atoms with E-state index in [1.54, 1.807) is 0 Å². The summed E-state index contributed by atoms with van der Waals surface area (Å²) in [6.45, 7) is 6.72. The number of benzene rings is 3. The molecule has 0 aliphatic carbocycles. The zero-order valence-corrected chi connectivity index (χ0v) is 19.5. The second-order valence-corrected chi connectivity index (χ2v) is 9.63. The lowest BCUT2D eigenvalue weighted by Crippen LogP contribution is -2.28. The zero-order chi connectivity index (χ0) is 22.8. The highest BCUT2D eigenvalue weighted by Crippen LogP contribution is 2.44. The predicted molar refractivity (Wildman–Crippen MR) is 130 cm³/mol. The average molecular weight is 459 g/mol. The van der Waals surface area contributed by atoms with Gasteiger partial charge in [0.05, 0.1) is 32.0 Å². The van der Waals surface area contributed by atoms with Crippen LogP contribution in [0.15, 0.2) is 70.5 Å². The maximum atomic E-state index is 13.2. The molecule has 0 spiro atoms. The Morgan fingerprint density at radius 3 is 2.76 bits per heavy atom. The quantitative estimate of drug-likeness (QED) is 0.402. The molecule has 0 radical (unpaired) electrons. The molecule has 0 bridgehead atoms. The van der Waals surface area contributed by atoms with Gasteiger partial charge in [0.2, 0.25) is 5.82 Å². The number of hydrogen-bond acceptors (Lipinski definition) is 6. The van der Waals surface area contributed by atoms with Crippen molar-refractivity contribution in [2.24, 2.45) is 0 Å². The van der Waals surface area contributed by atoms with Gasteiger partial charge in [-0.15, -0.1) is 10.2 Å². The van der Waals surface area contributed by atoms with Crippen LogP contribution in [0, 0.1) is 13.8 Å². The van der Waals surface area contributed by atoms with E-state index in [1.807, 2.05) is 36.4 Å². The summed E-state index contributed by atoms with van der Waals surface area (Å²) < 4.78 is 13.2. The van der Waals surface area contributed by atoms with E-state index in [0.29, 0.717) is 5.82 Å². The summed E-state index contributed by atoms with van der Waals surface area (Å²) in [5, 5.41) is 17.8. The first-order chi connectivity index (χ1) is 16.1. The van der Waals surface area contributed by atoms with Crippen LogP contribution in [-0.4, -0.2) is 37.9 Å². The fraction of sp³-hybridized carbons (Fsp3) is 0.240. The van der Waals surface area contributed by atoms with Crippen LogP contribution in [0.1, 0.15) is 23.1 Å². The van der Waals surface area contributed by atoms with E-state index in [2.05, 4.69) is 69.0 Å². The van der Waals surface area contributed by atoms with Gasteiger partial charge in [0.25, 0.3) is 0 Å². The second-order valence-electron chi connectivity index (χ2n) is 8.21. The topological polar surface area (TPSA) is 86.8 Å². The smallest absolute Gasteiger partial charge is 0.204 e. The largest absolute Gasteiger partial charge is 0.339 e. The van der Waals surface area contributed by atoms with E-state index in [9.17, 15) is 4.21 Å². The molecule has 0 fully saturated rings. The molecule has 1 aromatic heterocycles. The van der Waals surface area contributed by atoms with Gasteiger partial charge in [0, 0.05) is 18.7 Å². The highest BCUT2D eigenvalue weighted by Gasteiger charge is 2.29. The van der Waals surface area contributed by atoms with Crippen LogP contribution in [-0.2, 0) is 17.3 Å². The predicted octanol–water partition coefficient (Wildman–Crippen LogP) is 4.28. The average Bonchev–Trinajstić information content (AvgIpc) is 3.38. The number of para-hydroxylation sites is 1.